The average Bonchev–Trinajstić information content (AvgIpc) is 3.00. The van der Waals surface area contributed by atoms with E-state index in [0.717, 1.165) is 25.9 Å². The van der Waals surface area contributed by atoms with Gasteiger partial charge in [0.05, 0.1) is 25.1 Å². The summed E-state index contributed by atoms with van der Waals surface area (Å²) >= 11 is 0. The number of aliphatic hydroxyl groups excluding tert-OH is 1. The molecule has 6 heteroatoms. The lowest BCUT2D eigenvalue weighted by atomic mass is 10.00. The van der Waals surface area contributed by atoms with Gasteiger partial charge in [-0.05, 0) is 24.8 Å². The second-order valence-corrected chi connectivity index (χ2v) is 5.61. The van der Waals surface area contributed by atoms with E-state index in [0.29, 0.717) is 23.0 Å². The van der Waals surface area contributed by atoms with Gasteiger partial charge in [-0.3, -0.25) is 0 Å². The third kappa shape index (κ3) is 2.10. The third-order valence-corrected chi connectivity index (χ3v) is 4.41. The summed E-state index contributed by atoms with van der Waals surface area (Å²) < 4.78 is 4.80. The Hall–Kier alpha value is -1.82. The standard InChI is InChI=1S/C14H19N3O3/c1-20-14(19)10-4-9(15)5-16-13(10)17-6-8-2-3-12(18)11(8)7-17/h4-5,8,11-12,18H,2-3,6-7,15H2,1H3. The minimum absolute atomic E-state index is 0.236. The van der Waals surface area contributed by atoms with Crippen molar-refractivity contribution in [1.82, 2.24) is 4.98 Å². The van der Waals surface area contributed by atoms with Gasteiger partial charge in [0.25, 0.3) is 0 Å². The molecule has 20 heavy (non-hydrogen) atoms. The van der Waals surface area contributed by atoms with Crippen LogP contribution in [0.2, 0.25) is 0 Å². The molecule has 108 valence electrons. The summed E-state index contributed by atoms with van der Waals surface area (Å²) in [6.07, 6.45) is 3.22. The number of anilines is 2. The lowest BCUT2D eigenvalue weighted by Crippen LogP contribution is -2.27. The molecule has 3 atom stereocenters. The first-order chi connectivity index (χ1) is 9.60. The molecule has 2 fully saturated rings. The Morgan fingerprint density at radius 3 is 3.00 bits per heavy atom. The minimum Gasteiger partial charge on any atom is -0.465 e. The van der Waals surface area contributed by atoms with Crippen molar-refractivity contribution in [1.29, 1.82) is 0 Å². The van der Waals surface area contributed by atoms with Crippen molar-refractivity contribution in [3.8, 4) is 0 Å². The average molecular weight is 277 g/mol. The summed E-state index contributed by atoms with van der Waals surface area (Å²) in [5.41, 5.74) is 6.53. The molecule has 0 amide bonds. The molecule has 1 aromatic rings. The van der Waals surface area contributed by atoms with E-state index in [1.165, 1.54) is 7.11 Å². The molecule has 2 aliphatic rings. The number of carbonyl (C=O) groups excluding carboxylic acids is 1. The number of nitrogen functional groups attached to an aromatic ring is 1. The maximum atomic E-state index is 11.9. The largest absolute Gasteiger partial charge is 0.465 e. The van der Waals surface area contributed by atoms with Crippen LogP contribution >= 0.6 is 0 Å². The maximum absolute atomic E-state index is 11.9. The zero-order chi connectivity index (χ0) is 14.3. The fraction of sp³-hybridized carbons (Fsp3) is 0.571. The van der Waals surface area contributed by atoms with Crippen LogP contribution in [0.5, 0.6) is 0 Å². The van der Waals surface area contributed by atoms with Crippen LogP contribution in [0, 0.1) is 11.8 Å². The van der Waals surface area contributed by atoms with Gasteiger partial charge in [-0.1, -0.05) is 0 Å². The van der Waals surface area contributed by atoms with E-state index < -0.39 is 5.97 Å². The number of rotatable bonds is 2. The van der Waals surface area contributed by atoms with E-state index >= 15 is 0 Å². The van der Waals surface area contributed by atoms with Crippen LogP contribution in [-0.4, -0.2) is 42.4 Å². The Bertz CT molecular complexity index is 534. The Morgan fingerprint density at radius 2 is 2.30 bits per heavy atom. The normalized spacial score (nSPS) is 28.5. The van der Waals surface area contributed by atoms with Gasteiger partial charge in [-0.25, -0.2) is 9.78 Å². The fourth-order valence-corrected chi connectivity index (χ4v) is 3.40. The quantitative estimate of drug-likeness (QED) is 0.772. The number of methoxy groups -OCH3 is 1. The fourth-order valence-electron chi connectivity index (χ4n) is 3.40. The highest BCUT2D eigenvalue weighted by atomic mass is 16.5. The molecule has 1 aromatic heterocycles. The summed E-state index contributed by atoms with van der Waals surface area (Å²) in [4.78, 5) is 18.2. The highest BCUT2D eigenvalue weighted by Gasteiger charge is 2.42. The molecule has 0 aromatic carbocycles. The van der Waals surface area contributed by atoms with Crippen molar-refractivity contribution in [2.75, 3.05) is 30.8 Å². The Balaban J connectivity index is 1.89. The summed E-state index contributed by atoms with van der Waals surface area (Å²) in [6, 6.07) is 1.60. The van der Waals surface area contributed by atoms with Gasteiger partial charge in [-0.15, -0.1) is 0 Å². The van der Waals surface area contributed by atoms with Crippen LogP contribution in [0.4, 0.5) is 11.5 Å². The van der Waals surface area contributed by atoms with Crippen LogP contribution in [0.1, 0.15) is 23.2 Å². The van der Waals surface area contributed by atoms with Gasteiger partial charge >= 0.3 is 5.97 Å². The lowest BCUT2D eigenvalue weighted by Gasteiger charge is -2.21. The van der Waals surface area contributed by atoms with Crippen LogP contribution in [0.15, 0.2) is 12.3 Å². The number of pyridine rings is 1. The van der Waals surface area contributed by atoms with Crippen LogP contribution in [0.3, 0.4) is 0 Å². The van der Waals surface area contributed by atoms with Crippen molar-refractivity contribution < 1.29 is 14.6 Å². The predicted molar refractivity (Wildman–Crippen MR) is 74.4 cm³/mol. The van der Waals surface area contributed by atoms with Crippen LogP contribution in [-0.2, 0) is 4.74 Å². The second kappa shape index (κ2) is 4.94. The van der Waals surface area contributed by atoms with E-state index in [-0.39, 0.29) is 12.0 Å². The molecular weight excluding hydrogens is 258 g/mol. The van der Waals surface area contributed by atoms with Crippen molar-refractivity contribution in [3.05, 3.63) is 17.8 Å². The number of carbonyl (C=O) groups is 1. The number of esters is 1. The number of hydrogen-bond acceptors (Lipinski definition) is 6. The highest BCUT2D eigenvalue weighted by molar-refractivity contribution is 5.95. The van der Waals surface area contributed by atoms with Crippen molar-refractivity contribution in [2.45, 2.75) is 18.9 Å². The first-order valence-corrected chi connectivity index (χ1v) is 6.87. The monoisotopic (exact) mass is 277 g/mol. The molecule has 1 aliphatic carbocycles. The van der Waals surface area contributed by atoms with Crippen molar-refractivity contribution >= 4 is 17.5 Å². The zero-order valence-corrected chi connectivity index (χ0v) is 11.5. The van der Waals surface area contributed by atoms with Gasteiger partial charge in [0.15, 0.2) is 0 Å². The molecule has 2 heterocycles. The Morgan fingerprint density at radius 1 is 1.50 bits per heavy atom. The molecule has 0 bridgehead atoms. The maximum Gasteiger partial charge on any atom is 0.341 e. The van der Waals surface area contributed by atoms with E-state index in [2.05, 4.69) is 9.88 Å². The third-order valence-electron chi connectivity index (χ3n) is 4.41. The summed E-state index contributed by atoms with van der Waals surface area (Å²) in [5, 5.41) is 9.97. The smallest absolute Gasteiger partial charge is 0.341 e. The Labute approximate surface area is 117 Å². The Kier molecular flexibility index (Phi) is 3.25. The van der Waals surface area contributed by atoms with Gasteiger partial charge in [0.2, 0.25) is 0 Å². The van der Waals surface area contributed by atoms with E-state index in [1.807, 2.05) is 0 Å². The minimum atomic E-state index is -0.433. The number of nitrogens with zero attached hydrogens (tertiary/aromatic N) is 2. The van der Waals surface area contributed by atoms with Crippen LogP contribution < -0.4 is 10.6 Å². The topological polar surface area (TPSA) is 88.7 Å². The van der Waals surface area contributed by atoms with Crippen molar-refractivity contribution in [3.63, 3.8) is 0 Å². The SMILES string of the molecule is COC(=O)c1cc(N)cnc1N1CC2CCC(O)C2C1. The highest BCUT2D eigenvalue weighted by Crippen LogP contribution is 2.40. The molecule has 0 radical (unpaired) electrons. The number of fused-ring (bicyclic) bond motifs is 1. The summed E-state index contributed by atoms with van der Waals surface area (Å²) in [7, 11) is 1.35. The first kappa shape index (κ1) is 13.2. The molecule has 3 rings (SSSR count). The van der Waals surface area contributed by atoms with Gasteiger partial charge in [0.1, 0.15) is 11.4 Å². The van der Waals surface area contributed by atoms with Gasteiger partial charge < -0.3 is 20.5 Å². The number of aromatic nitrogens is 1. The number of ether oxygens (including phenoxy) is 1. The van der Waals surface area contributed by atoms with E-state index in [9.17, 15) is 9.90 Å². The van der Waals surface area contributed by atoms with Gasteiger partial charge in [-0.2, -0.15) is 0 Å². The second-order valence-electron chi connectivity index (χ2n) is 5.61. The molecule has 1 saturated carbocycles. The number of hydrogen-bond donors (Lipinski definition) is 2. The zero-order valence-electron chi connectivity index (χ0n) is 11.5. The molecule has 6 nitrogen and oxygen atoms in total. The summed E-state index contributed by atoms with van der Waals surface area (Å²) in [5.74, 6) is 0.930. The molecule has 1 aliphatic heterocycles. The first-order valence-electron chi connectivity index (χ1n) is 6.87. The summed E-state index contributed by atoms with van der Waals surface area (Å²) in [6.45, 7) is 1.55. The molecule has 3 unspecified atom stereocenters. The molecular formula is C14H19N3O3. The van der Waals surface area contributed by atoms with Crippen molar-refractivity contribution in [2.24, 2.45) is 11.8 Å². The predicted octanol–water partition coefficient (Wildman–Crippen LogP) is 0.657. The van der Waals surface area contributed by atoms with E-state index in [1.54, 1.807) is 12.3 Å². The van der Waals surface area contributed by atoms with Crippen LogP contribution in [0.25, 0.3) is 0 Å². The van der Waals surface area contributed by atoms with E-state index in [4.69, 9.17) is 10.5 Å². The molecule has 3 N–H and O–H groups in total. The number of nitrogens with two attached hydrogens (primary N) is 1. The van der Waals surface area contributed by atoms with Gasteiger partial charge in [0, 0.05) is 19.0 Å². The number of aliphatic hydroxyl groups is 1. The lowest BCUT2D eigenvalue weighted by molar-refractivity contribution is 0.0601. The molecule has 0 spiro atoms. The molecule has 1 saturated heterocycles.